The number of aliphatic carboxylic acids is 1. The third-order valence-corrected chi connectivity index (χ3v) is 4.08. The second-order valence-corrected chi connectivity index (χ2v) is 5.62. The number of carboxylic acid groups (broad SMARTS) is 1. The van der Waals surface area contributed by atoms with Crippen LogP contribution < -0.4 is 5.32 Å². The molecule has 96 valence electrons. The molecule has 0 saturated carbocycles. The molecular weight excluding hydrogens is 202 g/mol. The fraction of sp³-hybridized carbons (Fsp3) is 0.923. The Balaban J connectivity index is 4.51. The summed E-state index contributed by atoms with van der Waals surface area (Å²) in [5.74, 6) is -0.126. The molecule has 0 radical (unpaired) electrons. The maximum atomic E-state index is 11.2. The number of rotatable bonds is 7. The summed E-state index contributed by atoms with van der Waals surface area (Å²) in [7, 11) is 0. The molecule has 0 amide bonds. The highest BCUT2D eigenvalue weighted by atomic mass is 16.4. The van der Waals surface area contributed by atoms with Crippen LogP contribution in [0.5, 0.6) is 0 Å². The number of hydrogen-bond donors (Lipinski definition) is 2. The lowest BCUT2D eigenvalue weighted by atomic mass is 9.74. The average Bonchev–Trinajstić information content (AvgIpc) is 2.18. The fourth-order valence-electron chi connectivity index (χ4n) is 1.47. The van der Waals surface area contributed by atoms with Gasteiger partial charge >= 0.3 is 5.97 Å². The number of hydrogen-bond acceptors (Lipinski definition) is 2. The second-order valence-electron chi connectivity index (χ2n) is 5.62. The maximum Gasteiger partial charge on any atom is 0.310 e. The molecule has 0 aliphatic heterocycles. The van der Waals surface area contributed by atoms with Gasteiger partial charge < -0.3 is 10.4 Å². The van der Waals surface area contributed by atoms with E-state index in [0.29, 0.717) is 5.92 Å². The van der Waals surface area contributed by atoms with Crippen molar-refractivity contribution < 1.29 is 9.90 Å². The maximum absolute atomic E-state index is 11.2. The molecule has 0 saturated heterocycles. The highest BCUT2D eigenvalue weighted by Gasteiger charge is 2.43. The summed E-state index contributed by atoms with van der Waals surface area (Å²) in [5, 5.41) is 12.6. The van der Waals surface area contributed by atoms with Crippen molar-refractivity contribution in [2.75, 3.05) is 6.54 Å². The van der Waals surface area contributed by atoms with Gasteiger partial charge in [-0.05, 0) is 40.2 Å². The summed E-state index contributed by atoms with van der Waals surface area (Å²) in [6.07, 6.45) is 2.26. The van der Waals surface area contributed by atoms with Crippen molar-refractivity contribution >= 4 is 5.97 Å². The monoisotopic (exact) mass is 229 g/mol. The van der Waals surface area contributed by atoms with E-state index in [1.54, 1.807) is 13.8 Å². The van der Waals surface area contributed by atoms with Crippen molar-refractivity contribution in [2.24, 2.45) is 11.3 Å². The van der Waals surface area contributed by atoms with Crippen LogP contribution in [0.25, 0.3) is 0 Å². The lowest BCUT2D eigenvalue weighted by Gasteiger charge is -2.40. The number of nitrogens with one attached hydrogen (secondary N) is 1. The van der Waals surface area contributed by atoms with Gasteiger partial charge in [-0.25, -0.2) is 0 Å². The van der Waals surface area contributed by atoms with E-state index in [1.807, 2.05) is 13.8 Å². The van der Waals surface area contributed by atoms with Gasteiger partial charge in [0.15, 0.2) is 0 Å². The summed E-state index contributed by atoms with van der Waals surface area (Å²) in [6.45, 7) is 12.7. The van der Waals surface area contributed by atoms with Crippen molar-refractivity contribution in [3.8, 4) is 0 Å². The first kappa shape index (κ1) is 15.4. The van der Waals surface area contributed by atoms with Crippen LogP contribution in [-0.4, -0.2) is 23.2 Å². The normalized spacial score (nSPS) is 13.2. The Morgan fingerprint density at radius 1 is 1.19 bits per heavy atom. The molecule has 0 aromatic heterocycles. The Morgan fingerprint density at radius 2 is 1.62 bits per heavy atom. The molecule has 0 heterocycles. The minimum Gasteiger partial charge on any atom is -0.481 e. The van der Waals surface area contributed by atoms with Crippen LogP contribution in [0.15, 0.2) is 0 Å². The van der Waals surface area contributed by atoms with Gasteiger partial charge in [-0.3, -0.25) is 4.79 Å². The molecule has 0 rings (SSSR count). The van der Waals surface area contributed by atoms with E-state index in [9.17, 15) is 9.90 Å². The van der Waals surface area contributed by atoms with Gasteiger partial charge in [0, 0.05) is 5.54 Å². The van der Waals surface area contributed by atoms with Gasteiger partial charge in [0.1, 0.15) is 0 Å². The van der Waals surface area contributed by atoms with Gasteiger partial charge in [-0.2, -0.15) is 0 Å². The molecule has 0 spiro atoms. The second kappa shape index (κ2) is 5.67. The quantitative estimate of drug-likeness (QED) is 0.705. The summed E-state index contributed by atoms with van der Waals surface area (Å²) < 4.78 is 0. The first-order chi connectivity index (χ1) is 7.19. The van der Waals surface area contributed by atoms with E-state index in [2.05, 4.69) is 19.2 Å². The first-order valence-corrected chi connectivity index (χ1v) is 6.17. The van der Waals surface area contributed by atoms with Crippen LogP contribution in [0.3, 0.4) is 0 Å². The van der Waals surface area contributed by atoms with E-state index >= 15 is 0 Å². The standard InChI is InChI=1S/C13H27NO2/c1-7-10(8-2)9-14-13(5,6)12(3,4)11(15)16/h10,14H,7-9H2,1-6H3,(H,15,16). The zero-order valence-electron chi connectivity index (χ0n) is 11.6. The van der Waals surface area contributed by atoms with Gasteiger partial charge in [-0.15, -0.1) is 0 Å². The lowest BCUT2D eigenvalue weighted by molar-refractivity contribution is -0.151. The SMILES string of the molecule is CCC(CC)CNC(C)(C)C(C)(C)C(=O)O. The summed E-state index contributed by atoms with van der Waals surface area (Å²) >= 11 is 0. The highest BCUT2D eigenvalue weighted by molar-refractivity contribution is 5.75. The Morgan fingerprint density at radius 3 is 1.94 bits per heavy atom. The van der Waals surface area contributed by atoms with Crippen LogP contribution in [0, 0.1) is 11.3 Å². The smallest absolute Gasteiger partial charge is 0.310 e. The number of carboxylic acids is 1. The topological polar surface area (TPSA) is 49.3 Å². The molecule has 3 heteroatoms. The first-order valence-electron chi connectivity index (χ1n) is 6.17. The predicted molar refractivity (Wildman–Crippen MR) is 67.6 cm³/mol. The van der Waals surface area contributed by atoms with E-state index < -0.39 is 16.9 Å². The lowest BCUT2D eigenvalue weighted by Crippen LogP contribution is -2.56. The molecule has 0 fully saturated rings. The van der Waals surface area contributed by atoms with Crippen molar-refractivity contribution in [1.29, 1.82) is 0 Å². The largest absolute Gasteiger partial charge is 0.481 e. The molecule has 3 nitrogen and oxygen atoms in total. The summed E-state index contributed by atoms with van der Waals surface area (Å²) in [4.78, 5) is 11.2. The molecule has 0 aliphatic rings. The van der Waals surface area contributed by atoms with Crippen molar-refractivity contribution in [1.82, 2.24) is 5.32 Å². The molecule has 0 bridgehead atoms. The van der Waals surface area contributed by atoms with Gasteiger partial charge in [0.25, 0.3) is 0 Å². The van der Waals surface area contributed by atoms with E-state index in [0.717, 1.165) is 19.4 Å². The minimum absolute atomic E-state index is 0.401. The Bertz CT molecular complexity index is 230. The Labute approximate surface area is 99.6 Å². The van der Waals surface area contributed by atoms with E-state index in [1.165, 1.54) is 0 Å². The van der Waals surface area contributed by atoms with Crippen LogP contribution >= 0.6 is 0 Å². The van der Waals surface area contributed by atoms with E-state index in [4.69, 9.17) is 0 Å². The molecule has 16 heavy (non-hydrogen) atoms. The molecule has 2 N–H and O–H groups in total. The third-order valence-electron chi connectivity index (χ3n) is 4.08. The number of carbonyl (C=O) groups is 1. The van der Waals surface area contributed by atoms with Crippen LogP contribution in [0.1, 0.15) is 54.4 Å². The van der Waals surface area contributed by atoms with Gasteiger partial charge in [0.05, 0.1) is 5.41 Å². The average molecular weight is 229 g/mol. The molecule has 0 aromatic carbocycles. The van der Waals surface area contributed by atoms with Gasteiger partial charge in [-0.1, -0.05) is 26.7 Å². The zero-order valence-corrected chi connectivity index (χ0v) is 11.6. The van der Waals surface area contributed by atoms with Gasteiger partial charge in [0.2, 0.25) is 0 Å². The molecule has 0 unspecified atom stereocenters. The van der Waals surface area contributed by atoms with Crippen molar-refractivity contribution in [3.63, 3.8) is 0 Å². The van der Waals surface area contributed by atoms with Crippen molar-refractivity contribution in [3.05, 3.63) is 0 Å². The minimum atomic E-state index is -0.765. The van der Waals surface area contributed by atoms with Crippen LogP contribution in [0.4, 0.5) is 0 Å². The Kier molecular flexibility index (Phi) is 5.47. The molecule has 0 aliphatic carbocycles. The molecule has 0 aromatic rings. The predicted octanol–water partition coefficient (Wildman–Crippen LogP) is 2.90. The van der Waals surface area contributed by atoms with Crippen molar-refractivity contribution in [2.45, 2.75) is 59.9 Å². The van der Waals surface area contributed by atoms with E-state index in [-0.39, 0.29) is 0 Å². The molecular formula is C13H27NO2. The Hall–Kier alpha value is -0.570. The summed E-state index contributed by atoms with van der Waals surface area (Å²) in [6, 6.07) is 0. The molecule has 0 atom stereocenters. The third kappa shape index (κ3) is 3.48. The van der Waals surface area contributed by atoms with Crippen LogP contribution in [-0.2, 0) is 4.79 Å². The summed E-state index contributed by atoms with van der Waals surface area (Å²) in [5.41, 5.74) is -1.17. The van der Waals surface area contributed by atoms with Crippen LogP contribution in [0.2, 0.25) is 0 Å². The fourth-order valence-corrected chi connectivity index (χ4v) is 1.47. The zero-order chi connectivity index (χ0) is 13.0. The highest BCUT2D eigenvalue weighted by Crippen LogP contribution is 2.30.